The number of oxazole rings is 1. The highest BCUT2D eigenvalue weighted by molar-refractivity contribution is 6.10. The monoisotopic (exact) mass is 563 g/mol. The van der Waals surface area contributed by atoms with Crippen molar-refractivity contribution in [3.8, 4) is 11.1 Å². The maximum atomic E-state index is 13.3. The number of hydrogen-bond acceptors (Lipinski definition) is 6. The molecule has 0 unspecified atom stereocenters. The molecule has 1 aliphatic heterocycles. The van der Waals surface area contributed by atoms with Crippen LogP contribution >= 0.6 is 0 Å². The zero-order valence-corrected chi connectivity index (χ0v) is 24.9. The van der Waals surface area contributed by atoms with Crippen molar-refractivity contribution in [1.29, 1.82) is 0 Å². The predicted octanol–water partition coefficient (Wildman–Crippen LogP) is 7.43. The van der Waals surface area contributed by atoms with E-state index in [9.17, 15) is 4.79 Å². The molecular formula is C34H37N5O3. The highest BCUT2D eigenvalue weighted by Crippen LogP contribution is 2.37. The van der Waals surface area contributed by atoms with Crippen LogP contribution in [0.4, 0.5) is 16.2 Å². The summed E-state index contributed by atoms with van der Waals surface area (Å²) in [5.41, 5.74) is 7.82. The standard InChI is InChI=1S/C34H37N5O3/c1-21-30(18-28(34(3,4)5)32-31(21)36-22(2)42-32)38-33(40)37-29-13-12-25(26-8-6-7-9-27(26)29)23-10-11-24(35-19-23)20-39-14-16-41-17-15-39/h6-13,18-19H,14-17,20H2,1-5H3,(H2,37,38,40). The second-order valence-corrected chi connectivity index (χ2v) is 12.0. The average Bonchev–Trinajstić information content (AvgIpc) is 3.37. The number of anilines is 2. The van der Waals surface area contributed by atoms with E-state index in [0.29, 0.717) is 11.6 Å². The minimum atomic E-state index is -0.315. The van der Waals surface area contributed by atoms with Crippen LogP contribution in [0, 0.1) is 13.8 Å². The van der Waals surface area contributed by atoms with E-state index in [-0.39, 0.29) is 11.4 Å². The molecule has 1 saturated heterocycles. The van der Waals surface area contributed by atoms with Crippen LogP contribution in [0.3, 0.4) is 0 Å². The number of hydrogen-bond donors (Lipinski definition) is 2. The molecule has 5 aromatic rings. The van der Waals surface area contributed by atoms with E-state index >= 15 is 0 Å². The third-order valence-electron chi connectivity index (χ3n) is 7.88. The lowest BCUT2D eigenvalue weighted by molar-refractivity contribution is 0.0336. The Morgan fingerprint density at radius 3 is 2.40 bits per heavy atom. The Morgan fingerprint density at radius 2 is 1.69 bits per heavy atom. The first-order valence-electron chi connectivity index (χ1n) is 14.4. The average molecular weight is 564 g/mol. The molecule has 2 amide bonds. The number of carbonyl (C=O) groups excluding carboxylic acids is 1. The van der Waals surface area contributed by atoms with E-state index in [1.165, 1.54) is 0 Å². The van der Waals surface area contributed by atoms with Crippen molar-refractivity contribution in [2.75, 3.05) is 36.9 Å². The van der Waals surface area contributed by atoms with E-state index < -0.39 is 0 Å². The maximum Gasteiger partial charge on any atom is 0.323 e. The van der Waals surface area contributed by atoms with Crippen LogP contribution in [0.5, 0.6) is 0 Å². The van der Waals surface area contributed by atoms with E-state index in [1.54, 1.807) is 0 Å². The van der Waals surface area contributed by atoms with Gasteiger partial charge in [0.2, 0.25) is 0 Å². The molecule has 0 spiro atoms. The van der Waals surface area contributed by atoms with Gasteiger partial charge in [-0.1, -0.05) is 57.2 Å². The van der Waals surface area contributed by atoms with Crippen LogP contribution in [-0.2, 0) is 16.7 Å². The van der Waals surface area contributed by atoms with Crippen molar-refractivity contribution < 1.29 is 13.9 Å². The third kappa shape index (κ3) is 5.60. The van der Waals surface area contributed by atoms with Gasteiger partial charge in [0.15, 0.2) is 11.5 Å². The minimum Gasteiger partial charge on any atom is -0.441 e. The summed E-state index contributed by atoms with van der Waals surface area (Å²) in [4.78, 5) is 25.1. The number of rotatable bonds is 5. The van der Waals surface area contributed by atoms with E-state index in [4.69, 9.17) is 14.1 Å². The summed E-state index contributed by atoms with van der Waals surface area (Å²) in [6.07, 6.45) is 1.94. The predicted molar refractivity (Wildman–Crippen MR) is 168 cm³/mol. The highest BCUT2D eigenvalue weighted by atomic mass is 16.5. The number of aromatic nitrogens is 2. The molecule has 3 heterocycles. The largest absolute Gasteiger partial charge is 0.441 e. The molecule has 1 aliphatic rings. The number of carbonyl (C=O) groups is 1. The lowest BCUT2D eigenvalue weighted by Crippen LogP contribution is -2.35. The first kappa shape index (κ1) is 27.9. The van der Waals surface area contributed by atoms with E-state index in [0.717, 1.165) is 88.4 Å². The van der Waals surface area contributed by atoms with Crippen molar-refractivity contribution in [3.63, 3.8) is 0 Å². The number of nitrogens with one attached hydrogen (secondary N) is 2. The van der Waals surface area contributed by atoms with Crippen LogP contribution in [0.15, 0.2) is 65.2 Å². The molecular weight excluding hydrogens is 526 g/mol. The number of amides is 2. The van der Waals surface area contributed by atoms with Crippen LogP contribution in [0.25, 0.3) is 33.0 Å². The Hall–Kier alpha value is -4.27. The summed E-state index contributed by atoms with van der Waals surface area (Å²) in [5, 5.41) is 8.15. The first-order valence-corrected chi connectivity index (χ1v) is 14.4. The maximum absolute atomic E-state index is 13.3. The Labute approximate surface area is 246 Å². The fraction of sp³-hybridized carbons (Fsp3) is 0.324. The van der Waals surface area contributed by atoms with Gasteiger partial charge in [-0.05, 0) is 41.5 Å². The molecule has 0 radical (unpaired) electrons. The number of nitrogens with zero attached hydrogens (tertiary/aromatic N) is 3. The van der Waals surface area contributed by atoms with Crippen molar-refractivity contribution >= 4 is 39.3 Å². The quantitative estimate of drug-likeness (QED) is 0.231. The van der Waals surface area contributed by atoms with Crippen LogP contribution in [0.2, 0.25) is 0 Å². The fourth-order valence-electron chi connectivity index (χ4n) is 5.60. The molecule has 0 saturated carbocycles. The molecule has 0 bridgehead atoms. The second kappa shape index (κ2) is 11.2. The number of aryl methyl sites for hydroxylation is 2. The summed E-state index contributed by atoms with van der Waals surface area (Å²) in [7, 11) is 0. The molecule has 0 aliphatic carbocycles. The van der Waals surface area contributed by atoms with E-state index in [2.05, 4.69) is 59.5 Å². The Bertz CT molecular complexity index is 1760. The fourth-order valence-corrected chi connectivity index (χ4v) is 5.60. The van der Waals surface area contributed by atoms with Gasteiger partial charge in [0.25, 0.3) is 0 Å². The molecule has 42 heavy (non-hydrogen) atoms. The zero-order chi connectivity index (χ0) is 29.4. The lowest BCUT2D eigenvalue weighted by Gasteiger charge is -2.26. The SMILES string of the molecule is Cc1nc2c(C)c(NC(=O)Nc3ccc(-c4ccc(CN5CCOCC5)nc4)c4ccccc34)cc(C(C)(C)C)c2o1. The molecule has 6 rings (SSSR count). The summed E-state index contributed by atoms with van der Waals surface area (Å²) in [6.45, 7) is 14.4. The zero-order valence-electron chi connectivity index (χ0n) is 24.9. The number of morpholine rings is 1. The molecule has 8 nitrogen and oxygen atoms in total. The van der Waals surface area contributed by atoms with Gasteiger partial charge in [0, 0.05) is 60.5 Å². The van der Waals surface area contributed by atoms with Gasteiger partial charge in [-0.3, -0.25) is 9.88 Å². The summed E-state index contributed by atoms with van der Waals surface area (Å²) < 4.78 is 11.4. The van der Waals surface area contributed by atoms with Crippen LogP contribution in [0.1, 0.15) is 43.5 Å². The van der Waals surface area contributed by atoms with Gasteiger partial charge in [0.1, 0.15) is 5.52 Å². The van der Waals surface area contributed by atoms with Gasteiger partial charge in [-0.15, -0.1) is 0 Å². The van der Waals surface area contributed by atoms with Gasteiger partial charge in [0.05, 0.1) is 24.6 Å². The Morgan fingerprint density at radius 1 is 0.952 bits per heavy atom. The summed E-state index contributed by atoms with van der Waals surface area (Å²) in [6, 6.07) is 18.0. The number of urea groups is 1. The summed E-state index contributed by atoms with van der Waals surface area (Å²) >= 11 is 0. The van der Waals surface area contributed by atoms with Crippen LogP contribution in [-0.4, -0.2) is 47.2 Å². The molecule has 2 N–H and O–H groups in total. The molecule has 2 aromatic heterocycles. The topological polar surface area (TPSA) is 92.5 Å². The van der Waals surface area contributed by atoms with Gasteiger partial charge < -0.3 is 19.8 Å². The van der Waals surface area contributed by atoms with Crippen molar-refractivity contribution in [2.45, 2.75) is 46.6 Å². The molecule has 216 valence electrons. The molecule has 8 heteroatoms. The molecule has 0 atom stereocenters. The smallest absolute Gasteiger partial charge is 0.323 e. The number of benzene rings is 3. The normalized spacial score (nSPS) is 14.4. The first-order chi connectivity index (χ1) is 20.2. The van der Waals surface area contributed by atoms with Crippen molar-refractivity contribution in [3.05, 3.63) is 83.5 Å². The number of pyridine rings is 1. The van der Waals surface area contributed by atoms with Gasteiger partial charge in [-0.25, -0.2) is 9.78 Å². The Kier molecular flexibility index (Phi) is 7.43. The minimum absolute atomic E-state index is 0.188. The molecule has 1 fully saturated rings. The molecule has 3 aromatic carbocycles. The van der Waals surface area contributed by atoms with Crippen molar-refractivity contribution in [2.24, 2.45) is 0 Å². The third-order valence-corrected chi connectivity index (χ3v) is 7.88. The number of fused-ring (bicyclic) bond motifs is 2. The lowest BCUT2D eigenvalue weighted by atomic mass is 9.85. The number of ether oxygens (including phenoxy) is 1. The highest BCUT2D eigenvalue weighted by Gasteiger charge is 2.24. The Balaban J connectivity index is 1.25. The summed E-state index contributed by atoms with van der Waals surface area (Å²) in [5.74, 6) is 0.605. The van der Waals surface area contributed by atoms with E-state index in [1.807, 2.05) is 56.4 Å². The van der Waals surface area contributed by atoms with Gasteiger partial charge >= 0.3 is 6.03 Å². The van der Waals surface area contributed by atoms with Gasteiger partial charge in [-0.2, -0.15) is 0 Å². The van der Waals surface area contributed by atoms with Crippen LogP contribution < -0.4 is 10.6 Å². The van der Waals surface area contributed by atoms with Crippen molar-refractivity contribution in [1.82, 2.24) is 14.9 Å². The second-order valence-electron chi connectivity index (χ2n) is 12.0.